The SMILES string of the molecule is C=NN(C[C@H]1CC[C@H](O)CO1)/N=C(\N)c1cc(C(=O)NCc2ccc(F)c(OC)c2)nc(C)n1. The molecule has 1 aromatic heterocycles. The summed E-state index contributed by atoms with van der Waals surface area (Å²) in [5.74, 6) is -0.515. The van der Waals surface area contributed by atoms with Crippen LogP contribution in [0.25, 0.3) is 0 Å². The number of hydrazone groups is 2. The molecule has 0 bridgehead atoms. The molecule has 0 spiro atoms. The maximum absolute atomic E-state index is 13.6. The van der Waals surface area contributed by atoms with E-state index >= 15 is 0 Å². The summed E-state index contributed by atoms with van der Waals surface area (Å²) in [5, 5.41) is 21.6. The number of ether oxygens (including phenoxy) is 2. The van der Waals surface area contributed by atoms with Crippen molar-refractivity contribution in [3.63, 3.8) is 0 Å². The van der Waals surface area contributed by atoms with Gasteiger partial charge in [0, 0.05) is 13.3 Å². The number of aromatic nitrogens is 2. The van der Waals surface area contributed by atoms with Crippen LogP contribution in [-0.4, -0.2) is 71.1 Å². The smallest absolute Gasteiger partial charge is 0.270 e. The molecule has 1 saturated heterocycles. The van der Waals surface area contributed by atoms with Gasteiger partial charge in [-0.05, 0) is 43.5 Å². The largest absolute Gasteiger partial charge is 0.494 e. The lowest BCUT2D eigenvalue weighted by Gasteiger charge is -2.28. The van der Waals surface area contributed by atoms with Gasteiger partial charge in [0.25, 0.3) is 5.91 Å². The summed E-state index contributed by atoms with van der Waals surface area (Å²) in [6, 6.07) is 5.74. The summed E-state index contributed by atoms with van der Waals surface area (Å²) in [6.07, 6.45) is 0.639. The Morgan fingerprint density at radius 2 is 2.15 bits per heavy atom. The average Bonchev–Trinajstić information content (AvgIpc) is 2.83. The highest BCUT2D eigenvalue weighted by Gasteiger charge is 2.22. The fraction of sp³-hybridized carbons (Fsp3) is 0.409. The van der Waals surface area contributed by atoms with Crippen LogP contribution in [0.2, 0.25) is 0 Å². The van der Waals surface area contributed by atoms with Crippen molar-refractivity contribution in [3.05, 3.63) is 52.9 Å². The number of rotatable bonds is 9. The standard InChI is InChI=1S/C22H28FN7O4/c1-13-27-18(21(24)29-30(25-2)11-16-6-5-15(31)12-34-16)9-19(28-13)22(32)26-10-14-4-7-17(23)20(8-14)33-3/h4,7-9,15-16,31H,2,5-6,10-12H2,1,3H3,(H2,24,29)(H,26,32)/t15-,16+/m0/s1. The molecule has 0 saturated carbocycles. The van der Waals surface area contributed by atoms with Crippen LogP contribution in [0, 0.1) is 12.7 Å². The number of nitrogens with zero attached hydrogens (tertiary/aromatic N) is 5. The second-order valence-corrected chi connectivity index (χ2v) is 7.71. The summed E-state index contributed by atoms with van der Waals surface area (Å²) in [7, 11) is 1.37. The molecule has 0 aliphatic carbocycles. The van der Waals surface area contributed by atoms with Gasteiger partial charge in [-0.3, -0.25) is 4.79 Å². The minimum atomic E-state index is -0.487. The number of nitrogens with two attached hydrogens (primary N) is 1. The Morgan fingerprint density at radius 1 is 1.38 bits per heavy atom. The molecule has 4 N–H and O–H groups in total. The van der Waals surface area contributed by atoms with Crippen molar-refractivity contribution in [1.29, 1.82) is 0 Å². The lowest BCUT2D eigenvalue weighted by molar-refractivity contribution is -0.0656. The molecule has 2 heterocycles. The van der Waals surface area contributed by atoms with Crippen molar-refractivity contribution in [1.82, 2.24) is 20.4 Å². The number of hydrogen-bond donors (Lipinski definition) is 3. The maximum Gasteiger partial charge on any atom is 0.270 e. The van der Waals surface area contributed by atoms with Crippen LogP contribution in [0.5, 0.6) is 5.75 Å². The number of aliphatic hydroxyl groups is 1. The number of nitrogens with one attached hydrogen (secondary N) is 1. The molecule has 1 aliphatic rings. The topological polar surface area (TPSA) is 148 Å². The van der Waals surface area contributed by atoms with E-state index in [1.807, 2.05) is 0 Å². The summed E-state index contributed by atoms with van der Waals surface area (Å²) in [6.45, 7) is 5.82. The van der Waals surface area contributed by atoms with Crippen molar-refractivity contribution in [3.8, 4) is 5.75 Å². The fourth-order valence-corrected chi connectivity index (χ4v) is 3.33. The molecule has 0 unspecified atom stereocenters. The van der Waals surface area contributed by atoms with Crippen molar-refractivity contribution >= 4 is 18.5 Å². The van der Waals surface area contributed by atoms with E-state index in [9.17, 15) is 14.3 Å². The molecule has 1 aromatic carbocycles. The van der Waals surface area contributed by atoms with Gasteiger partial charge in [0.2, 0.25) is 0 Å². The first-order valence-electron chi connectivity index (χ1n) is 10.6. The highest BCUT2D eigenvalue weighted by molar-refractivity contribution is 5.99. The van der Waals surface area contributed by atoms with E-state index in [4.69, 9.17) is 15.2 Å². The number of amides is 1. The molecule has 0 radical (unpaired) electrons. The number of halogens is 1. The third kappa shape index (κ3) is 6.68. The molecule has 1 amide bonds. The van der Waals surface area contributed by atoms with Crippen LogP contribution in [0.3, 0.4) is 0 Å². The first-order valence-corrected chi connectivity index (χ1v) is 10.6. The Hall–Kier alpha value is -3.64. The van der Waals surface area contributed by atoms with Gasteiger partial charge < -0.3 is 25.6 Å². The van der Waals surface area contributed by atoms with Crippen LogP contribution in [0.15, 0.2) is 34.5 Å². The zero-order valence-electron chi connectivity index (χ0n) is 19.1. The number of aliphatic hydroxyl groups excluding tert-OH is 1. The molecule has 11 nitrogen and oxygen atoms in total. The fourth-order valence-electron chi connectivity index (χ4n) is 3.33. The van der Waals surface area contributed by atoms with E-state index in [0.29, 0.717) is 30.8 Å². The van der Waals surface area contributed by atoms with Gasteiger partial charge >= 0.3 is 0 Å². The number of hydrogen-bond acceptors (Lipinski definition) is 9. The van der Waals surface area contributed by atoms with Crippen LogP contribution >= 0.6 is 0 Å². The van der Waals surface area contributed by atoms with E-state index in [-0.39, 0.29) is 42.2 Å². The highest BCUT2D eigenvalue weighted by atomic mass is 19.1. The molecule has 3 rings (SSSR count). The van der Waals surface area contributed by atoms with Gasteiger partial charge in [-0.15, -0.1) is 5.10 Å². The van der Waals surface area contributed by atoms with Gasteiger partial charge in [-0.2, -0.15) is 10.2 Å². The number of carbonyl (C=O) groups excluding carboxylic acids is 1. The summed E-state index contributed by atoms with van der Waals surface area (Å²) >= 11 is 0. The van der Waals surface area contributed by atoms with Crippen molar-refractivity contribution < 1.29 is 23.8 Å². The van der Waals surface area contributed by atoms with Gasteiger partial charge in [-0.25, -0.2) is 14.4 Å². The lowest BCUT2D eigenvalue weighted by Crippen LogP contribution is -2.36. The molecule has 1 aliphatic heterocycles. The van der Waals surface area contributed by atoms with Gasteiger partial charge in [-0.1, -0.05) is 6.07 Å². The minimum absolute atomic E-state index is 0.0195. The van der Waals surface area contributed by atoms with Crippen molar-refractivity contribution in [2.24, 2.45) is 15.9 Å². The van der Waals surface area contributed by atoms with Crippen molar-refractivity contribution in [2.75, 3.05) is 20.3 Å². The summed E-state index contributed by atoms with van der Waals surface area (Å²) in [4.78, 5) is 21.1. The number of aryl methyl sites for hydroxylation is 1. The Balaban J connectivity index is 1.68. The Bertz CT molecular complexity index is 1060. The summed E-state index contributed by atoms with van der Waals surface area (Å²) < 4.78 is 24.1. The molecule has 12 heteroatoms. The van der Waals surface area contributed by atoms with Crippen LogP contribution in [0.1, 0.15) is 40.4 Å². The van der Waals surface area contributed by atoms with E-state index in [0.717, 1.165) is 0 Å². The molecule has 1 fully saturated rings. The van der Waals surface area contributed by atoms with Crippen molar-refractivity contribution in [2.45, 2.75) is 38.5 Å². The second-order valence-electron chi connectivity index (χ2n) is 7.71. The highest BCUT2D eigenvalue weighted by Crippen LogP contribution is 2.18. The van der Waals surface area contributed by atoms with E-state index in [1.165, 1.54) is 30.4 Å². The minimum Gasteiger partial charge on any atom is -0.494 e. The third-order valence-electron chi connectivity index (χ3n) is 5.10. The monoisotopic (exact) mass is 473 g/mol. The van der Waals surface area contributed by atoms with E-state index < -0.39 is 17.8 Å². The second kappa shape index (κ2) is 11.5. The zero-order chi connectivity index (χ0) is 24.7. The first-order chi connectivity index (χ1) is 16.3. The molecule has 2 atom stereocenters. The Morgan fingerprint density at radius 3 is 2.82 bits per heavy atom. The van der Waals surface area contributed by atoms with E-state index in [1.54, 1.807) is 13.0 Å². The molecule has 34 heavy (non-hydrogen) atoms. The third-order valence-corrected chi connectivity index (χ3v) is 5.10. The van der Waals surface area contributed by atoms with E-state index in [2.05, 4.69) is 32.2 Å². The molecular weight excluding hydrogens is 445 g/mol. The molecule has 182 valence electrons. The van der Waals surface area contributed by atoms with Gasteiger partial charge in [0.05, 0.1) is 32.5 Å². The van der Waals surface area contributed by atoms with Gasteiger partial charge in [0.1, 0.15) is 17.2 Å². The van der Waals surface area contributed by atoms with Crippen LogP contribution in [0.4, 0.5) is 4.39 Å². The van der Waals surface area contributed by atoms with Gasteiger partial charge in [0.15, 0.2) is 17.4 Å². The lowest BCUT2D eigenvalue weighted by atomic mass is 10.1. The normalized spacial score (nSPS) is 18.3. The quantitative estimate of drug-likeness (QED) is 0.277. The number of amidine groups is 1. The predicted molar refractivity (Wildman–Crippen MR) is 123 cm³/mol. The van der Waals surface area contributed by atoms with Crippen LogP contribution < -0.4 is 15.8 Å². The average molecular weight is 474 g/mol. The number of carbonyl (C=O) groups is 1. The predicted octanol–water partition coefficient (Wildman–Crippen LogP) is 0.941. The maximum atomic E-state index is 13.6. The zero-order valence-corrected chi connectivity index (χ0v) is 19.1. The first kappa shape index (κ1) is 25.0. The number of methoxy groups -OCH3 is 1. The Kier molecular flexibility index (Phi) is 8.44. The number of benzene rings is 1. The summed E-state index contributed by atoms with van der Waals surface area (Å²) in [5.41, 5.74) is 7.11. The Labute approximate surface area is 196 Å². The van der Waals surface area contributed by atoms with Crippen LogP contribution in [-0.2, 0) is 11.3 Å². The molecular formula is C22H28FN7O4. The molecule has 2 aromatic rings.